The number of ether oxygens (including phenoxy) is 2. The number of hydrogen-bond acceptors (Lipinski definition) is 5. The maximum absolute atomic E-state index is 12.1. The molecule has 0 fully saturated rings. The lowest BCUT2D eigenvalue weighted by atomic mass is 9.97. The third-order valence-electron chi connectivity index (χ3n) is 4.72. The predicted octanol–water partition coefficient (Wildman–Crippen LogP) is 2.85. The first-order chi connectivity index (χ1) is 13.5. The Labute approximate surface area is 167 Å². The smallest absolute Gasteiger partial charge is 0.321 e. The van der Waals surface area contributed by atoms with E-state index in [0.717, 1.165) is 24.8 Å². The number of imide groups is 1. The molecule has 2 N–H and O–H groups in total. The lowest BCUT2D eigenvalue weighted by molar-refractivity contribution is -0.120. The SMILES string of the molecule is COc1ccc(CN(C)CC(=O)NC(=O)NCCC2=CCCCC2)c(OC)c1. The van der Waals surface area contributed by atoms with E-state index in [1.165, 1.54) is 18.4 Å². The van der Waals surface area contributed by atoms with Crippen molar-refractivity contribution in [2.45, 2.75) is 38.6 Å². The van der Waals surface area contributed by atoms with Crippen molar-refractivity contribution < 1.29 is 19.1 Å². The van der Waals surface area contributed by atoms with E-state index in [2.05, 4.69) is 16.7 Å². The number of rotatable bonds is 9. The van der Waals surface area contributed by atoms with Crippen molar-refractivity contribution in [3.05, 3.63) is 35.4 Å². The van der Waals surface area contributed by atoms with Crippen molar-refractivity contribution in [1.29, 1.82) is 0 Å². The number of urea groups is 1. The molecular formula is C21H31N3O4. The number of carbonyl (C=O) groups is 2. The molecule has 3 amide bonds. The Morgan fingerprint density at radius 2 is 2.00 bits per heavy atom. The van der Waals surface area contributed by atoms with E-state index in [4.69, 9.17) is 9.47 Å². The number of amides is 3. The van der Waals surface area contributed by atoms with Crippen molar-refractivity contribution >= 4 is 11.9 Å². The number of methoxy groups -OCH3 is 2. The highest BCUT2D eigenvalue weighted by molar-refractivity contribution is 5.95. The van der Waals surface area contributed by atoms with Crippen LogP contribution in [0.2, 0.25) is 0 Å². The molecule has 0 radical (unpaired) electrons. The van der Waals surface area contributed by atoms with Gasteiger partial charge in [-0.1, -0.05) is 17.7 Å². The predicted molar refractivity (Wildman–Crippen MR) is 109 cm³/mol. The number of allylic oxidation sites excluding steroid dienone is 1. The fourth-order valence-electron chi connectivity index (χ4n) is 3.25. The van der Waals surface area contributed by atoms with E-state index in [0.29, 0.717) is 24.6 Å². The van der Waals surface area contributed by atoms with Crippen molar-refractivity contribution in [2.24, 2.45) is 0 Å². The fraction of sp³-hybridized carbons (Fsp3) is 0.524. The number of nitrogens with one attached hydrogen (secondary N) is 2. The first kappa shape index (κ1) is 21.8. The van der Waals surface area contributed by atoms with Crippen LogP contribution in [-0.2, 0) is 11.3 Å². The molecule has 7 nitrogen and oxygen atoms in total. The van der Waals surface area contributed by atoms with Crippen LogP contribution in [0.4, 0.5) is 4.79 Å². The zero-order chi connectivity index (χ0) is 20.4. The van der Waals surface area contributed by atoms with Crippen LogP contribution in [0.15, 0.2) is 29.8 Å². The molecule has 0 saturated heterocycles. The average molecular weight is 389 g/mol. The molecule has 0 saturated carbocycles. The number of benzene rings is 1. The summed E-state index contributed by atoms with van der Waals surface area (Å²) >= 11 is 0. The molecule has 1 aromatic carbocycles. The molecule has 1 aliphatic rings. The van der Waals surface area contributed by atoms with Crippen LogP contribution < -0.4 is 20.1 Å². The monoisotopic (exact) mass is 389 g/mol. The lowest BCUT2D eigenvalue weighted by Gasteiger charge is -2.18. The van der Waals surface area contributed by atoms with Crippen LogP contribution in [0.5, 0.6) is 11.5 Å². The second-order valence-electron chi connectivity index (χ2n) is 7.01. The van der Waals surface area contributed by atoms with Gasteiger partial charge in [0, 0.05) is 24.7 Å². The van der Waals surface area contributed by atoms with Gasteiger partial charge in [0.2, 0.25) is 5.91 Å². The van der Waals surface area contributed by atoms with Crippen LogP contribution in [0.1, 0.15) is 37.7 Å². The average Bonchev–Trinajstić information content (AvgIpc) is 2.68. The van der Waals surface area contributed by atoms with Gasteiger partial charge < -0.3 is 14.8 Å². The van der Waals surface area contributed by atoms with Crippen LogP contribution >= 0.6 is 0 Å². The molecule has 1 aliphatic carbocycles. The quantitative estimate of drug-likeness (QED) is 0.635. The summed E-state index contributed by atoms with van der Waals surface area (Å²) in [6, 6.07) is 5.11. The Morgan fingerprint density at radius 3 is 2.68 bits per heavy atom. The zero-order valence-corrected chi connectivity index (χ0v) is 17.0. The Hall–Kier alpha value is -2.54. The van der Waals surface area contributed by atoms with Crippen LogP contribution in [0.3, 0.4) is 0 Å². The molecule has 0 atom stereocenters. The topological polar surface area (TPSA) is 79.9 Å². The molecule has 154 valence electrons. The summed E-state index contributed by atoms with van der Waals surface area (Å²) in [7, 11) is 5.01. The van der Waals surface area contributed by atoms with E-state index in [-0.39, 0.29) is 12.5 Å². The van der Waals surface area contributed by atoms with Crippen molar-refractivity contribution in [3.8, 4) is 11.5 Å². The van der Waals surface area contributed by atoms with E-state index in [1.54, 1.807) is 20.3 Å². The molecule has 1 aromatic rings. The molecule has 28 heavy (non-hydrogen) atoms. The lowest BCUT2D eigenvalue weighted by Crippen LogP contribution is -2.44. The minimum Gasteiger partial charge on any atom is -0.497 e. The van der Waals surface area contributed by atoms with Gasteiger partial charge in [-0.3, -0.25) is 15.0 Å². The highest BCUT2D eigenvalue weighted by atomic mass is 16.5. The van der Waals surface area contributed by atoms with Crippen molar-refractivity contribution in [1.82, 2.24) is 15.5 Å². The summed E-state index contributed by atoms with van der Waals surface area (Å²) in [6.07, 6.45) is 7.83. The number of likely N-dealkylation sites (N-methyl/N-ethyl adjacent to an activating group) is 1. The molecule has 0 aliphatic heterocycles. The van der Waals surface area contributed by atoms with Crippen molar-refractivity contribution in [3.63, 3.8) is 0 Å². The second kappa shape index (κ2) is 11.3. The first-order valence-corrected chi connectivity index (χ1v) is 9.67. The summed E-state index contributed by atoms with van der Waals surface area (Å²) in [5, 5.41) is 5.13. The molecule has 0 spiro atoms. The molecule has 7 heteroatoms. The molecule has 0 bridgehead atoms. The van der Waals surface area contributed by atoms with Gasteiger partial charge in [0.1, 0.15) is 11.5 Å². The summed E-state index contributed by atoms with van der Waals surface area (Å²) < 4.78 is 10.6. The molecule has 0 heterocycles. The second-order valence-corrected chi connectivity index (χ2v) is 7.01. The van der Waals surface area contributed by atoms with Gasteiger partial charge in [-0.2, -0.15) is 0 Å². The zero-order valence-electron chi connectivity index (χ0n) is 17.0. The van der Waals surface area contributed by atoms with Gasteiger partial charge in [0.05, 0.1) is 20.8 Å². The van der Waals surface area contributed by atoms with Gasteiger partial charge in [0.15, 0.2) is 0 Å². The molecule has 0 unspecified atom stereocenters. The Kier molecular flexibility index (Phi) is 8.81. The Morgan fingerprint density at radius 1 is 1.18 bits per heavy atom. The van der Waals surface area contributed by atoms with E-state index >= 15 is 0 Å². The van der Waals surface area contributed by atoms with E-state index in [9.17, 15) is 9.59 Å². The van der Waals surface area contributed by atoms with E-state index in [1.807, 2.05) is 24.1 Å². The summed E-state index contributed by atoms with van der Waals surface area (Å²) in [5.41, 5.74) is 2.33. The molecule has 0 aromatic heterocycles. The third-order valence-corrected chi connectivity index (χ3v) is 4.72. The minimum atomic E-state index is -0.447. The summed E-state index contributed by atoms with van der Waals surface area (Å²) in [5.74, 6) is 1.06. The van der Waals surface area contributed by atoms with Crippen LogP contribution in [0.25, 0.3) is 0 Å². The molecule has 2 rings (SSSR count). The van der Waals surface area contributed by atoms with Crippen molar-refractivity contribution in [2.75, 3.05) is 34.4 Å². The van der Waals surface area contributed by atoms with Gasteiger partial charge in [0.25, 0.3) is 0 Å². The van der Waals surface area contributed by atoms with Crippen LogP contribution in [-0.4, -0.2) is 51.2 Å². The number of carbonyl (C=O) groups excluding carboxylic acids is 2. The maximum atomic E-state index is 12.1. The van der Waals surface area contributed by atoms with Gasteiger partial charge in [-0.25, -0.2) is 4.79 Å². The molecular weight excluding hydrogens is 358 g/mol. The number of nitrogens with zero attached hydrogens (tertiary/aromatic N) is 1. The minimum absolute atomic E-state index is 0.105. The highest BCUT2D eigenvalue weighted by Gasteiger charge is 2.13. The first-order valence-electron chi connectivity index (χ1n) is 9.67. The van der Waals surface area contributed by atoms with Gasteiger partial charge in [-0.05, 0) is 45.2 Å². The van der Waals surface area contributed by atoms with Gasteiger partial charge >= 0.3 is 6.03 Å². The third kappa shape index (κ3) is 7.23. The summed E-state index contributed by atoms with van der Waals surface area (Å²) in [4.78, 5) is 25.8. The maximum Gasteiger partial charge on any atom is 0.321 e. The van der Waals surface area contributed by atoms with Crippen LogP contribution in [0, 0.1) is 0 Å². The Bertz CT molecular complexity index is 703. The fourth-order valence-corrected chi connectivity index (χ4v) is 3.25. The largest absolute Gasteiger partial charge is 0.497 e. The number of hydrogen-bond donors (Lipinski definition) is 2. The van der Waals surface area contributed by atoms with Gasteiger partial charge in [-0.15, -0.1) is 0 Å². The highest BCUT2D eigenvalue weighted by Crippen LogP contribution is 2.25. The standard InChI is InChI=1S/C21H31N3O4/c1-24(14-17-9-10-18(27-2)13-19(17)28-3)15-20(25)23-21(26)22-12-11-16-7-5-4-6-8-16/h7,9-10,13H,4-6,8,11-12,14-15H2,1-3H3,(H2,22,23,25,26). The normalized spacial score (nSPS) is 13.6. The summed E-state index contributed by atoms with van der Waals surface area (Å²) in [6.45, 7) is 1.16. The van der Waals surface area contributed by atoms with E-state index < -0.39 is 6.03 Å². The Balaban J connectivity index is 1.72.